The van der Waals surface area contributed by atoms with Crippen molar-refractivity contribution in [3.05, 3.63) is 12.7 Å². The number of methoxy groups -OCH3 is 1. The SMILES string of the molecule is C=CCC(C)(CCOC(=O)OC)C(C)=O. The first-order chi connectivity index (χ1) is 6.96. The van der Waals surface area contributed by atoms with Crippen molar-refractivity contribution >= 4 is 11.9 Å². The Labute approximate surface area is 90.2 Å². The van der Waals surface area contributed by atoms with Gasteiger partial charge in [-0.05, 0) is 19.8 Å². The van der Waals surface area contributed by atoms with Crippen LogP contribution in [0.25, 0.3) is 0 Å². The average molecular weight is 214 g/mol. The van der Waals surface area contributed by atoms with Crippen LogP contribution in [0.5, 0.6) is 0 Å². The largest absolute Gasteiger partial charge is 0.507 e. The fourth-order valence-corrected chi connectivity index (χ4v) is 1.16. The Balaban J connectivity index is 4.13. The van der Waals surface area contributed by atoms with Crippen molar-refractivity contribution in [2.75, 3.05) is 13.7 Å². The maximum atomic E-state index is 11.4. The minimum atomic E-state index is -0.723. The third kappa shape index (κ3) is 4.63. The second-order valence-electron chi connectivity index (χ2n) is 3.66. The summed E-state index contributed by atoms with van der Waals surface area (Å²) in [7, 11) is 1.25. The zero-order valence-corrected chi connectivity index (χ0v) is 9.54. The molecule has 0 aliphatic heterocycles. The van der Waals surface area contributed by atoms with Crippen molar-refractivity contribution in [1.82, 2.24) is 0 Å². The summed E-state index contributed by atoms with van der Waals surface area (Å²) >= 11 is 0. The number of Topliss-reactive ketones (excluding diaryl/α,β-unsaturated/α-hetero) is 1. The molecule has 0 N–H and O–H groups in total. The van der Waals surface area contributed by atoms with Gasteiger partial charge in [0.05, 0.1) is 13.7 Å². The van der Waals surface area contributed by atoms with Gasteiger partial charge in [-0.1, -0.05) is 13.0 Å². The Kier molecular flexibility index (Phi) is 5.67. The molecule has 0 saturated carbocycles. The van der Waals surface area contributed by atoms with Crippen LogP contribution in [0.4, 0.5) is 4.79 Å². The first-order valence-electron chi connectivity index (χ1n) is 4.79. The summed E-state index contributed by atoms with van der Waals surface area (Å²) in [6.45, 7) is 7.14. The van der Waals surface area contributed by atoms with Gasteiger partial charge in [-0.15, -0.1) is 6.58 Å². The lowest BCUT2D eigenvalue weighted by Gasteiger charge is -2.24. The van der Waals surface area contributed by atoms with Gasteiger partial charge in [0.2, 0.25) is 0 Å². The smallest absolute Gasteiger partial charge is 0.438 e. The molecule has 15 heavy (non-hydrogen) atoms. The summed E-state index contributed by atoms with van der Waals surface area (Å²) in [6, 6.07) is 0. The molecule has 0 spiro atoms. The van der Waals surface area contributed by atoms with Crippen LogP contribution < -0.4 is 0 Å². The molecular formula is C11H18O4. The van der Waals surface area contributed by atoms with Crippen LogP contribution in [0.2, 0.25) is 0 Å². The molecule has 86 valence electrons. The molecule has 1 atom stereocenters. The van der Waals surface area contributed by atoms with E-state index >= 15 is 0 Å². The van der Waals surface area contributed by atoms with Crippen LogP contribution in [0.3, 0.4) is 0 Å². The van der Waals surface area contributed by atoms with Crippen molar-refractivity contribution in [2.45, 2.75) is 26.7 Å². The van der Waals surface area contributed by atoms with Gasteiger partial charge < -0.3 is 9.47 Å². The van der Waals surface area contributed by atoms with E-state index in [2.05, 4.69) is 11.3 Å². The molecule has 4 nitrogen and oxygen atoms in total. The molecule has 0 bridgehead atoms. The van der Waals surface area contributed by atoms with Crippen LogP contribution in [0.15, 0.2) is 12.7 Å². The fourth-order valence-electron chi connectivity index (χ4n) is 1.16. The van der Waals surface area contributed by atoms with E-state index < -0.39 is 11.6 Å². The molecule has 0 rings (SSSR count). The highest BCUT2D eigenvalue weighted by molar-refractivity contribution is 5.82. The Morgan fingerprint density at radius 1 is 1.47 bits per heavy atom. The fraction of sp³-hybridized carbons (Fsp3) is 0.636. The molecule has 0 fully saturated rings. The standard InChI is InChI=1S/C11H18O4/c1-5-6-11(3,9(2)12)7-8-15-10(13)14-4/h5H,1,6-8H2,2-4H3. The average Bonchev–Trinajstić information content (AvgIpc) is 2.17. The zero-order chi connectivity index (χ0) is 11.9. The molecule has 0 aromatic heterocycles. The van der Waals surface area contributed by atoms with Gasteiger partial charge in [-0.25, -0.2) is 4.79 Å². The molecule has 0 heterocycles. The molecule has 0 aromatic carbocycles. The highest BCUT2D eigenvalue weighted by Crippen LogP contribution is 2.27. The van der Waals surface area contributed by atoms with Crippen LogP contribution >= 0.6 is 0 Å². The lowest BCUT2D eigenvalue weighted by molar-refractivity contribution is -0.126. The van der Waals surface area contributed by atoms with E-state index in [0.717, 1.165) is 0 Å². The molecular weight excluding hydrogens is 196 g/mol. The number of ether oxygens (including phenoxy) is 2. The zero-order valence-electron chi connectivity index (χ0n) is 9.54. The van der Waals surface area contributed by atoms with E-state index in [1.807, 2.05) is 6.92 Å². The Hall–Kier alpha value is -1.32. The van der Waals surface area contributed by atoms with Crippen molar-refractivity contribution in [1.29, 1.82) is 0 Å². The van der Waals surface area contributed by atoms with Gasteiger partial charge in [-0.3, -0.25) is 4.79 Å². The minimum absolute atomic E-state index is 0.0656. The Morgan fingerprint density at radius 3 is 2.47 bits per heavy atom. The minimum Gasteiger partial charge on any atom is -0.438 e. The maximum absolute atomic E-state index is 11.4. The first kappa shape index (κ1) is 13.7. The highest BCUT2D eigenvalue weighted by atomic mass is 16.7. The molecule has 0 saturated heterocycles. The van der Waals surface area contributed by atoms with Gasteiger partial charge in [0.1, 0.15) is 5.78 Å². The lowest BCUT2D eigenvalue weighted by Crippen LogP contribution is -2.27. The van der Waals surface area contributed by atoms with Crippen molar-refractivity contribution in [3.8, 4) is 0 Å². The highest BCUT2D eigenvalue weighted by Gasteiger charge is 2.28. The quantitative estimate of drug-likeness (QED) is 0.503. The van der Waals surface area contributed by atoms with Crippen molar-refractivity contribution < 1.29 is 19.1 Å². The van der Waals surface area contributed by atoms with Crippen molar-refractivity contribution in [3.63, 3.8) is 0 Å². The lowest BCUT2D eigenvalue weighted by atomic mass is 9.80. The summed E-state index contributed by atoms with van der Waals surface area (Å²) in [5.74, 6) is 0.0656. The van der Waals surface area contributed by atoms with E-state index in [4.69, 9.17) is 4.74 Å². The summed E-state index contributed by atoms with van der Waals surface area (Å²) in [4.78, 5) is 22.1. The van der Waals surface area contributed by atoms with E-state index in [-0.39, 0.29) is 12.4 Å². The van der Waals surface area contributed by atoms with Crippen LogP contribution in [0, 0.1) is 5.41 Å². The molecule has 0 amide bonds. The number of hydrogen-bond donors (Lipinski definition) is 0. The molecule has 1 unspecified atom stereocenters. The third-order valence-electron chi connectivity index (χ3n) is 2.49. The first-order valence-corrected chi connectivity index (χ1v) is 4.79. The predicted octanol–water partition coefficient (Wildman–Crippen LogP) is 2.33. The van der Waals surface area contributed by atoms with E-state index in [9.17, 15) is 9.59 Å². The van der Waals surface area contributed by atoms with Gasteiger partial charge in [-0.2, -0.15) is 0 Å². The van der Waals surface area contributed by atoms with E-state index in [0.29, 0.717) is 12.8 Å². The number of rotatable bonds is 6. The van der Waals surface area contributed by atoms with Crippen LogP contribution in [-0.4, -0.2) is 25.7 Å². The summed E-state index contributed by atoms with van der Waals surface area (Å²) in [6.07, 6.45) is 2.02. The van der Waals surface area contributed by atoms with Gasteiger partial charge in [0.25, 0.3) is 0 Å². The molecule has 4 heteroatoms. The summed E-state index contributed by atoms with van der Waals surface area (Å²) in [5, 5.41) is 0. The number of carbonyl (C=O) groups is 2. The number of ketones is 1. The molecule has 0 aliphatic rings. The van der Waals surface area contributed by atoms with Crippen LogP contribution in [0.1, 0.15) is 26.7 Å². The number of carbonyl (C=O) groups excluding carboxylic acids is 2. The Morgan fingerprint density at radius 2 is 2.07 bits per heavy atom. The second kappa shape index (κ2) is 6.22. The molecule has 0 aromatic rings. The topological polar surface area (TPSA) is 52.6 Å². The monoisotopic (exact) mass is 214 g/mol. The summed E-state index contributed by atoms with van der Waals surface area (Å²) < 4.78 is 9.05. The van der Waals surface area contributed by atoms with Crippen molar-refractivity contribution in [2.24, 2.45) is 5.41 Å². The van der Waals surface area contributed by atoms with Gasteiger partial charge in [0.15, 0.2) is 0 Å². The summed E-state index contributed by atoms with van der Waals surface area (Å²) in [5.41, 5.74) is -0.504. The second-order valence-corrected chi connectivity index (χ2v) is 3.66. The maximum Gasteiger partial charge on any atom is 0.507 e. The number of allylic oxidation sites excluding steroid dienone is 1. The van der Waals surface area contributed by atoms with Crippen LogP contribution in [-0.2, 0) is 14.3 Å². The normalized spacial score (nSPS) is 13.8. The molecule has 0 radical (unpaired) electrons. The van der Waals surface area contributed by atoms with Gasteiger partial charge in [0, 0.05) is 5.41 Å². The van der Waals surface area contributed by atoms with E-state index in [1.54, 1.807) is 6.08 Å². The third-order valence-corrected chi connectivity index (χ3v) is 2.49. The molecule has 0 aliphatic carbocycles. The van der Waals surface area contributed by atoms with E-state index in [1.165, 1.54) is 14.0 Å². The number of hydrogen-bond acceptors (Lipinski definition) is 4. The Bertz CT molecular complexity index is 247. The predicted molar refractivity (Wildman–Crippen MR) is 56.6 cm³/mol. The van der Waals surface area contributed by atoms with Gasteiger partial charge >= 0.3 is 6.16 Å².